The number of nitrogens with zero attached hydrogens (tertiary/aromatic N) is 1. The first-order valence-electron chi connectivity index (χ1n) is 14.0. The number of methoxy groups -OCH3 is 2. The molecule has 3 amide bonds. The quantitative estimate of drug-likeness (QED) is 0.135. The van der Waals surface area contributed by atoms with E-state index in [2.05, 4.69) is 21.2 Å². The lowest BCUT2D eigenvalue weighted by molar-refractivity contribution is -0.139. The third-order valence-electron chi connectivity index (χ3n) is 6.63. The molecule has 3 aromatic carbocycles. The number of nitrogens with one attached hydrogen (secondary N) is 3. The van der Waals surface area contributed by atoms with Gasteiger partial charge in [-0.2, -0.15) is 5.10 Å². The van der Waals surface area contributed by atoms with E-state index in [1.54, 1.807) is 62.4 Å². The Labute approximate surface area is 269 Å². The number of amides is 3. The Kier molecular flexibility index (Phi) is 11.4. The number of hydrazone groups is 1. The van der Waals surface area contributed by atoms with Gasteiger partial charge in [0.25, 0.3) is 5.91 Å². The van der Waals surface area contributed by atoms with E-state index in [9.17, 15) is 18.8 Å². The van der Waals surface area contributed by atoms with Gasteiger partial charge in [0.05, 0.1) is 43.7 Å². The topological polar surface area (TPSA) is 146 Å². The highest BCUT2D eigenvalue weighted by Gasteiger charge is 2.32. The summed E-state index contributed by atoms with van der Waals surface area (Å²) in [7, 11) is 2.85. The van der Waals surface area contributed by atoms with Crippen LogP contribution in [0.1, 0.15) is 36.6 Å². The molecule has 0 radical (unpaired) electrons. The van der Waals surface area contributed by atoms with E-state index in [4.69, 9.17) is 35.3 Å². The Morgan fingerprint density at radius 3 is 2.52 bits per heavy atom. The van der Waals surface area contributed by atoms with Crippen LogP contribution in [-0.2, 0) is 20.9 Å². The van der Waals surface area contributed by atoms with Crippen molar-refractivity contribution >= 4 is 35.7 Å². The maximum absolute atomic E-state index is 14.0. The lowest BCUT2D eigenvalue weighted by Crippen LogP contribution is -2.45. The minimum Gasteiger partial charge on any atom is -0.493 e. The number of urea groups is 1. The number of hydrogen-bond acceptors (Lipinski definition) is 9. The normalized spacial score (nSPS) is 14.3. The highest BCUT2D eigenvalue weighted by Crippen LogP contribution is 2.37. The number of carbonyl (C=O) groups is 3. The number of rotatable bonds is 13. The zero-order valence-electron chi connectivity index (χ0n) is 25.4. The average molecular weight is 655 g/mol. The van der Waals surface area contributed by atoms with Crippen LogP contribution in [-0.4, -0.2) is 51.6 Å². The molecular weight excluding hydrogens is 623 g/mol. The molecule has 3 N–H and O–H groups in total. The van der Waals surface area contributed by atoms with Crippen LogP contribution in [0.4, 0.5) is 9.18 Å². The Morgan fingerprint density at radius 2 is 1.80 bits per heavy atom. The van der Waals surface area contributed by atoms with E-state index < -0.39 is 36.4 Å². The summed E-state index contributed by atoms with van der Waals surface area (Å²) in [6.45, 7) is 3.00. The maximum Gasteiger partial charge on any atom is 0.338 e. The van der Waals surface area contributed by atoms with E-state index in [0.717, 1.165) is 0 Å². The number of allylic oxidation sites excluding steroid dienone is 1. The van der Waals surface area contributed by atoms with Crippen LogP contribution in [0, 0.1) is 5.82 Å². The van der Waals surface area contributed by atoms with E-state index >= 15 is 0 Å². The van der Waals surface area contributed by atoms with Gasteiger partial charge in [-0.25, -0.2) is 19.4 Å². The summed E-state index contributed by atoms with van der Waals surface area (Å²) in [5.41, 5.74) is 4.37. The Balaban J connectivity index is 1.38. The fourth-order valence-corrected chi connectivity index (χ4v) is 4.75. The van der Waals surface area contributed by atoms with Crippen LogP contribution in [0.3, 0.4) is 0 Å². The van der Waals surface area contributed by atoms with Crippen LogP contribution in [0.25, 0.3) is 0 Å². The molecule has 0 unspecified atom stereocenters. The lowest BCUT2D eigenvalue weighted by Gasteiger charge is -2.28. The van der Waals surface area contributed by atoms with Crippen LogP contribution in [0.15, 0.2) is 71.0 Å². The lowest BCUT2D eigenvalue weighted by atomic mass is 9.95. The largest absolute Gasteiger partial charge is 0.493 e. The number of esters is 1. The molecule has 4 rings (SSSR count). The second kappa shape index (κ2) is 15.6. The standard InChI is InChI=1S/C32H32ClFN4O8/c1-5-44-31(40)28-18(2)36-32(41)37-29(28)20-10-11-24(25(14-20)42-3)45-17-27(39)38-35-15-19-12-22(33)30(26(13-19)43-4)46-16-21-8-6-7-9-23(21)34/h6-15,29H,5,16-17H2,1-4H3,(H,38,39)(H2,36,37,41)/b35-15-/t29-/m0/s1. The molecule has 242 valence electrons. The van der Waals surface area contributed by atoms with Crippen molar-refractivity contribution in [2.24, 2.45) is 5.10 Å². The minimum atomic E-state index is -0.798. The van der Waals surface area contributed by atoms with Crippen molar-refractivity contribution in [2.45, 2.75) is 26.5 Å². The van der Waals surface area contributed by atoms with E-state index in [1.807, 2.05) is 0 Å². The van der Waals surface area contributed by atoms with Gasteiger partial charge in [0.2, 0.25) is 0 Å². The first kappa shape index (κ1) is 33.6. The van der Waals surface area contributed by atoms with Crippen molar-refractivity contribution in [1.82, 2.24) is 16.1 Å². The van der Waals surface area contributed by atoms with Gasteiger partial charge >= 0.3 is 12.0 Å². The molecule has 0 fully saturated rings. The molecule has 1 aliphatic heterocycles. The molecule has 14 heteroatoms. The third-order valence-corrected chi connectivity index (χ3v) is 6.91. The molecule has 0 spiro atoms. The monoisotopic (exact) mass is 654 g/mol. The molecule has 0 saturated carbocycles. The predicted octanol–water partition coefficient (Wildman–Crippen LogP) is 4.80. The molecule has 0 aromatic heterocycles. The molecule has 0 bridgehead atoms. The Hall–Kier alpha value is -5.30. The Bertz CT molecular complexity index is 1680. The van der Waals surface area contributed by atoms with Gasteiger partial charge in [-0.05, 0) is 55.3 Å². The van der Waals surface area contributed by atoms with Crippen molar-refractivity contribution in [3.8, 4) is 23.0 Å². The number of benzene rings is 3. The van der Waals surface area contributed by atoms with E-state index in [-0.39, 0.29) is 41.1 Å². The molecule has 12 nitrogen and oxygen atoms in total. The summed E-state index contributed by atoms with van der Waals surface area (Å²) in [5, 5.41) is 9.44. The molecule has 46 heavy (non-hydrogen) atoms. The zero-order valence-corrected chi connectivity index (χ0v) is 26.2. The van der Waals surface area contributed by atoms with Crippen LogP contribution in [0.2, 0.25) is 5.02 Å². The van der Waals surface area contributed by atoms with Crippen molar-refractivity contribution in [2.75, 3.05) is 27.4 Å². The smallest absolute Gasteiger partial charge is 0.338 e. The van der Waals surface area contributed by atoms with Crippen LogP contribution in [0.5, 0.6) is 23.0 Å². The van der Waals surface area contributed by atoms with Gasteiger partial charge in [-0.3, -0.25) is 4.79 Å². The van der Waals surface area contributed by atoms with Gasteiger partial charge in [-0.15, -0.1) is 0 Å². The predicted molar refractivity (Wildman–Crippen MR) is 167 cm³/mol. The van der Waals surface area contributed by atoms with Crippen molar-refractivity contribution < 1.29 is 42.5 Å². The van der Waals surface area contributed by atoms with E-state index in [0.29, 0.717) is 28.1 Å². The van der Waals surface area contributed by atoms with Crippen molar-refractivity contribution in [3.05, 3.63) is 93.4 Å². The first-order valence-corrected chi connectivity index (χ1v) is 14.3. The highest BCUT2D eigenvalue weighted by molar-refractivity contribution is 6.32. The number of ether oxygens (including phenoxy) is 5. The number of carbonyl (C=O) groups excluding carboxylic acids is 3. The molecule has 0 aliphatic carbocycles. The third kappa shape index (κ3) is 8.24. The summed E-state index contributed by atoms with van der Waals surface area (Å²) in [4.78, 5) is 37.2. The molecule has 0 saturated heterocycles. The maximum atomic E-state index is 14.0. The fourth-order valence-electron chi connectivity index (χ4n) is 4.48. The Morgan fingerprint density at radius 1 is 1.04 bits per heavy atom. The highest BCUT2D eigenvalue weighted by atomic mass is 35.5. The number of halogens is 2. The van der Waals surface area contributed by atoms with Gasteiger partial charge in [0.1, 0.15) is 12.4 Å². The second-order valence-corrected chi connectivity index (χ2v) is 10.1. The molecule has 3 aromatic rings. The summed E-state index contributed by atoms with van der Waals surface area (Å²) >= 11 is 6.39. The van der Waals surface area contributed by atoms with Crippen molar-refractivity contribution in [1.29, 1.82) is 0 Å². The van der Waals surface area contributed by atoms with Gasteiger partial charge in [0.15, 0.2) is 29.6 Å². The minimum absolute atomic E-state index is 0.0558. The molecule has 1 atom stereocenters. The van der Waals surface area contributed by atoms with Gasteiger partial charge in [0, 0.05) is 11.3 Å². The number of hydrogen-bond donors (Lipinski definition) is 3. The summed E-state index contributed by atoms with van der Waals surface area (Å²) in [5.74, 6) is -0.515. The molecule has 1 heterocycles. The SMILES string of the molecule is CCOC(=O)C1=C(C)NC(=O)N[C@H]1c1ccc(OCC(=O)N/N=C\c2cc(Cl)c(OCc3ccccc3F)c(OC)c2)c(OC)c1. The van der Waals surface area contributed by atoms with Crippen LogP contribution >= 0.6 is 11.6 Å². The van der Waals surface area contributed by atoms with Gasteiger partial charge in [-0.1, -0.05) is 35.9 Å². The first-order chi connectivity index (χ1) is 22.1. The van der Waals surface area contributed by atoms with Crippen LogP contribution < -0.4 is 35.0 Å². The second-order valence-electron chi connectivity index (χ2n) is 9.70. The van der Waals surface area contributed by atoms with Crippen molar-refractivity contribution in [3.63, 3.8) is 0 Å². The molecular formula is C32H32ClFN4O8. The van der Waals surface area contributed by atoms with Gasteiger partial charge < -0.3 is 34.3 Å². The molecule has 1 aliphatic rings. The average Bonchev–Trinajstić information content (AvgIpc) is 3.03. The fraction of sp³-hybridized carbons (Fsp3) is 0.250. The van der Waals surface area contributed by atoms with E-state index in [1.165, 1.54) is 26.5 Å². The zero-order chi connectivity index (χ0) is 33.2. The summed E-state index contributed by atoms with van der Waals surface area (Å²) in [6, 6.07) is 12.9. The summed E-state index contributed by atoms with van der Waals surface area (Å²) in [6.07, 6.45) is 1.35. The summed E-state index contributed by atoms with van der Waals surface area (Å²) < 4.78 is 41.3.